The Bertz CT molecular complexity index is 785. The van der Waals surface area contributed by atoms with Crippen LogP contribution in [-0.2, 0) is 14.3 Å². The molecule has 0 aliphatic heterocycles. The lowest BCUT2D eigenvalue weighted by molar-refractivity contribution is -0.164. The Labute approximate surface area is 178 Å². The standard InChI is InChI=1S/C24H30N2O4/c1-2-29-21-6-4-20(5-7-21)26(9-3-8-25)22(27)15-30-24(28)23-18-11-16-10-17(13-18)14-19(23)12-16/h4-7,16-19,23H,2-3,9-15H2,1H3. The molecule has 6 nitrogen and oxygen atoms in total. The molecular formula is C24H30N2O4. The van der Waals surface area contributed by atoms with E-state index in [2.05, 4.69) is 6.07 Å². The van der Waals surface area contributed by atoms with E-state index in [1.807, 2.05) is 6.92 Å². The summed E-state index contributed by atoms with van der Waals surface area (Å²) in [5.74, 6) is 2.63. The predicted octanol–water partition coefficient (Wildman–Crippen LogP) is 3.95. The number of ether oxygens (including phenoxy) is 2. The van der Waals surface area contributed by atoms with Gasteiger partial charge in [-0.25, -0.2) is 0 Å². The maximum atomic E-state index is 12.9. The van der Waals surface area contributed by atoms with Crippen LogP contribution in [0.4, 0.5) is 5.69 Å². The molecule has 0 spiro atoms. The summed E-state index contributed by atoms with van der Waals surface area (Å²) in [6.07, 6.45) is 6.11. The number of benzene rings is 1. The van der Waals surface area contributed by atoms with E-state index in [4.69, 9.17) is 14.7 Å². The van der Waals surface area contributed by atoms with E-state index in [1.54, 1.807) is 24.3 Å². The molecule has 30 heavy (non-hydrogen) atoms. The number of carbonyl (C=O) groups excluding carboxylic acids is 2. The molecule has 4 aliphatic rings. The molecular weight excluding hydrogens is 380 g/mol. The maximum Gasteiger partial charge on any atom is 0.310 e. The van der Waals surface area contributed by atoms with Gasteiger partial charge in [0.05, 0.1) is 25.0 Å². The molecule has 0 radical (unpaired) electrons. The molecule has 0 unspecified atom stereocenters. The molecule has 0 heterocycles. The SMILES string of the molecule is CCOc1ccc(N(CCC#N)C(=O)COC(=O)C2C3CC4CC(C3)CC2C4)cc1. The van der Waals surface area contributed by atoms with Crippen molar-refractivity contribution in [3.63, 3.8) is 0 Å². The molecule has 0 N–H and O–H groups in total. The first-order valence-corrected chi connectivity index (χ1v) is 11.2. The number of anilines is 1. The van der Waals surface area contributed by atoms with E-state index < -0.39 is 0 Å². The number of carbonyl (C=O) groups is 2. The highest BCUT2D eigenvalue weighted by Gasteiger charge is 2.51. The van der Waals surface area contributed by atoms with Gasteiger partial charge in [0, 0.05) is 12.2 Å². The van der Waals surface area contributed by atoms with Gasteiger partial charge in [0.15, 0.2) is 6.61 Å². The van der Waals surface area contributed by atoms with Gasteiger partial charge in [0.25, 0.3) is 5.91 Å². The third kappa shape index (κ3) is 4.30. The van der Waals surface area contributed by atoms with E-state index >= 15 is 0 Å². The number of nitriles is 1. The summed E-state index contributed by atoms with van der Waals surface area (Å²) >= 11 is 0. The van der Waals surface area contributed by atoms with Gasteiger partial charge in [-0.2, -0.15) is 5.26 Å². The molecule has 4 saturated carbocycles. The minimum atomic E-state index is -0.299. The third-order valence-corrected chi connectivity index (χ3v) is 7.04. The summed E-state index contributed by atoms with van der Waals surface area (Å²) in [7, 11) is 0. The highest BCUT2D eigenvalue weighted by molar-refractivity contribution is 5.95. The molecule has 0 saturated heterocycles. The molecule has 1 aromatic carbocycles. The van der Waals surface area contributed by atoms with E-state index in [0.29, 0.717) is 24.1 Å². The summed E-state index contributed by atoms with van der Waals surface area (Å²) in [6, 6.07) is 9.26. The minimum absolute atomic E-state index is 0.0383. The van der Waals surface area contributed by atoms with Crippen molar-refractivity contribution in [2.45, 2.75) is 45.4 Å². The first-order valence-electron chi connectivity index (χ1n) is 11.2. The molecule has 0 atom stereocenters. The van der Waals surface area contributed by atoms with Crippen LogP contribution in [0.25, 0.3) is 0 Å². The Morgan fingerprint density at radius 2 is 1.70 bits per heavy atom. The molecule has 6 heteroatoms. The van der Waals surface area contributed by atoms with Crippen molar-refractivity contribution < 1.29 is 19.1 Å². The average Bonchev–Trinajstić information content (AvgIpc) is 2.73. The Balaban J connectivity index is 1.37. The summed E-state index contributed by atoms with van der Waals surface area (Å²) in [5.41, 5.74) is 0.671. The zero-order chi connectivity index (χ0) is 21.1. The first-order chi connectivity index (χ1) is 14.6. The molecule has 0 aromatic heterocycles. The number of rotatable bonds is 8. The van der Waals surface area contributed by atoms with Crippen LogP contribution < -0.4 is 9.64 Å². The average molecular weight is 411 g/mol. The van der Waals surface area contributed by atoms with Gasteiger partial charge < -0.3 is 14.4 Å². The van der Waals surface area contributed by atoms with Crippen molar-refractivity contribution in [3.8, 4) is 11.8 Å². The predicted molar refractivity (Wildman–Crippen MR) is 112 cm³/mol. The van der Waals surface area contributed by atoms with E-state index in [1.165, 1.54) is 11.3 Å². The van der Waals surface area contributed by atoms with Crippen LogP contribution in [0.2, 0.25) is 0 Å². The number of hydrogen-bond acceptors (Lipinski definition) is 5. The quantitative estimate of drug-likeness (QED) is 0.606. The summed E-state index contributed by atoms with van der Waals surface area (Å²) in [4.78, 5) is 27.2. The maximum absolute atomic E-state index is 12.9. The van der Waals surface area contributed by atoms with Crippen molar-refractivity contribution in [1.29, 1.82) is 5.26 Å². The molecule has 160 valence electrons. The van der Waals surface area contributed by atoms with Gasteiger partial charge in [-0.15, -0.1) is 0 Å². The van der Waals surface area contributed by atoms with Crippen molar-refractivity contribution >= 4 is 17.6 Å². The number of esters is 1. The van der Waals surface area contributed by atoms with Crippen LogP contribution in [0.15, 0.2) is 24.3 Å². The summed E-state index contributed by atoms with van der Waals surface area (Å²) in [6.45, 7) is 2.46. The molecule has 1 aromatic rings. The lowest BCUT2D eigenvalue weighted by Gasteiger charge is -2.53. The van der Waals surface area contributed by atoms with Crippen molar-refractivity contribution in [2.24, 2.45) is 29.6 Å². The Kier molecular flexibility index (Phi) is 6.26. The van der Waals surface area contributed by atoms with Crippen LogP contribution in [0.1, 0.15) is 45.4 Å². The normalized spacial score (nSPS) is 28.6. The topological polar surface area (TPSA) is 79.6 Å². The minimum Gasteiger partial charge on any atom is -0.494 e. The van der Waals surface area contributed by atoms with Crippen LogP contribution in [0.5, 0.6) is 5.75 Å². The fourth-order valence-corrected chi connectivity index (χ4v) is 6.07. The van der Waals surface area contributed by atoms with Crippen molar-refractivity contribution in [1.82, 2.24) is 0 Å². The second kappa shape index (κ2) is 9.07. The molecule has 4 fully saturated rings. The fraction of sp³-hybridized carbons (Fsp3) is 0.625. The molecule has 1 amide bonds. The molecule has 4 bridgehead atoms. The van der Waals surface area contributed by atoms with Crippen molar-refractivity contribution in [2.75, 3.05) is 24.7 Å². The van der Waals surface area contributed by atoms with E-state index in [0.717, 1.165) is 43.3 Å². The second-order valence-corrected chi connectivity index (χ2v) is 8.94. The molecule has 5 rings (SSSR count). The lowest BCUT2D eigenvalue weighted by atomic mass is 9.52. The van der Waals surface area contributed by atoms with Gasteiger partial charge >= 0.3 is 5.97 Å². The number of hydrogen-bond donors (Lipinski definition) is 0. The van der Waals surface area contributed by atoms with Crippen LogP contribution in [0, 0.1) is 40.9 Å². The van der Waals surface area contributed by atoms with E-state index in [9.17, 15) is 9.59 Å². The van der Waals surface area contributed by atoms with Gasteiger partial charge in [0.2, 0.25) is 0 Å². The largest absolute Gasteiger partial charge is 0.494 e. The Morgan fingerprint density at radius 1 is 1.07 bits per heavy atom. The third-order valence-electron chi connectivity index (χ3n) is 7.04. The van der Waals surface area contributed by atoms with Crippen LogP contribution in [0.3, 0.4) is 0 Å². The van der Waals surface area contributed by atoms with Gasteiger partial charge in [-0.1, -0.05) is 0 Å². The highest BCUT2D eigenvalue weighted by Crippen LogP contribution is 2.56. The number of nitrogens with zero attached hydrogens (tertiary/aromatic N) is 2. The van der Waals surface area contributed by atoms with Crippen molar-refractivity contribution in [3.05, 3.63) is 24.3 Å². The summed E-state index contributed by atoms with van der Waals surface area (Å²) in [5, 5.41) is 8.97. The molecule has 4 aliphatic carbocycles. The first kappa shape index (κ1) is 20.7. The smallest absolute Gasteiger partial charge is 0.310 e. The number of amides is 1. The van der Waals surface area contributed by atoms with E-state index in [-0.39, 0.29) is 37.4 Å². The highest BCUT2D eigenvalue weighted by atomic mass is 16.5. The monoisotopic (exact) mass is 410 g/mol. The zero-order valence-corrected chi connectivity index (χ0v) is 17.6. The van der Waals surface area contributed by atoms with Crippen LogP contribution in [-0.4, -0.2) is 31.6 Å². The lowest BCUT2D eigenvalue weighted by Crippen LogP contribution is -2.49. The Morgan fingerprint density at radius 3 is 2.27 bits per heavy atom. The fourth-order valence-electron chi connectivity index (χ4n) is 6.07. The van der Waals surface area contributed by atoms with Gasteiger partial charge in [-0.05, 0) is 87.0 Å². The summed E-state index contributed by atoms with van der Waals surface area (Å²) < 4.78 is 11.0. The van der Waals surface area contributed by atoms with Crippen LogP contribution >= 0.6 is 0 Å². The Hall–Kier alpha value is -2.55. The second-order valence-electron chi connectivity index (χ2n) is 8.94. The zero-order valence-electron chi connectivity index (χ0n) is 17.6. The van der Waals surface area contributed by atoms with Gasteiger partial charge in [-0.3, -0.25) is 9.59 Å². The van der Waals surface area contributed by atoms with Gasteiger partial charge in [0.1, 0.15) is 5.75 Å².